The van der Waals surface area contributed by atoms with E-state index in [-0.39, 0.29) is 0 Å². The Labute approximate surface area is 77.3 Å². The second-order valence-corrected chi connectivity index (χ2v) is 2.86. The van der Waals surface area contributed by atoms with Crippen molar-refractivity contribution in [2.75, 3.05) is 0 Å². The summed E-state index contributed by atoms with van der Waals surface area (Å²) < 4.78 is 4.26. The smallest absolute Gasteiger partial charge is 0.375 e. The van der Waals surface area contributed by atoms with Gasteiger partial charge >= 0.3 is 17.9 Å². The number of carboxylic acid groups (broad SMARTS) is 2. The van der Waals surface area contributed by atoms with Crippen molar-refractivity contribution in [3.63, 3.8) is 0 Å². The van der Waals surface area contributed by atoms with Crippen molar-refractivity contribution >= 4 is 23.7 Å². The zero-order valence-corrected chi connectivity index (χ0v) is 6.85. The number of ketones is 1. The molecule has 0 aliphatic carbocycles. The number of carbonyl (C=O) groups excluding carboxylic acids is 2. The van der Waals surface area contributed by atoms with Gasteiger partial charge in [0.25, 0.3) is 0 Å². The number of Topliss-reactive ketones (excluding diaryl/α,β-unsaturated/α-hetero) is 1. The highest BCUT2D eigenvalue weighted by atomic mass is 16.6. The number of hydrogen-bond donors (Lipinski definition) is 2. The Morgan fingerprint density at radius 3 is 2.21 bits per heavy atom. The number of carboxylic acids is 2. The second kappa shape index (κ2) is 3.09. The first-order valence-corrected chi connectivity index (χ1v) is 3.59. The van der Waals surface area contributed by atoms with Crippen LogP contribution in [-0.4, -0.2) is 39.5 Å². The van der Waals surface area contributed by atoms with Crippen molar-refractivity contribution in [1.29, 1.82) is 0 Å². The number of ether oxygens (including phenoxy) is 1. The number of carbonyl (C=O) groups is 4. The van der Waals surface area contributed by atoms with E-state index >= 15 is 0 Å². The van der Waals surface area contributed by atoms with E-state index in [4.69, 9.17) is 10.2 Å². The molecule has 0 amide bonds. The largest absolute Gasteiger partial charge is 0.481 e. The van der Waals surface area contributed by atoms with Crippen molar-refractivity contribution < 1.29 is 34.1 Å². The average molecular weight is 202 g/mol. The molecule has 0 aromatic rings. The molecule has 14 heavy (non-hydrogen) atoms. The van der Waals surface area contributed by atoms with Crippen molar-refractivity contribution in [2.24, 2.45) is 0 Å². The Balaban J connectivity index is 2.96. The van der Waals surface area contributed by atoms with Gasteiger partial charge in [0.2, 0.25) is 11.4 Å². The molecule has 0 aromatic heterocycles. The average Bonchev–Trinajstić information content (AvgIpc) is 2.27. The third-order valence-corrected chi connectivity index (χ3v) is 1.79. The van der Waals surface area contributed by atoms with Gasteiger partial charge in [-0.2, -0.15) is 0 Å². The van der Waals surface area contributed by atoms with E-state index in [1.807, 2.05) is 0 Å². The SMILES string of the molecule is O=C(O)CC1(C(=O)O)CC(=O)C(=O)O1. The summed E-state index contributed by atoms with van der Waals surface area (Å²) in [5.41, 5.74) is -2.22. The van der Waals surface area contributed by atoms with Crippen LogP contribution in [0.3, 0.4) is 0 Å². The van der Waals surface area contributed by atoms with Crippen LogP contribution in [0.25, 0.3) is 0 Å². The van der Waals surface area contributed by atoms with Crippen LogP contribution in [0.2, 0.25) is 0 Å². The predicted octanol–water partition coefficient (Wildman–Crippen LogP) is -1.20. The van der Waals surface area contributed by atoms with E-state index in [9.17, 15) is 19.2 Å². The summed E-state index contributed by atoms with van der Waals surface area (Å²) >= 11 is 0. The van der Waals surface area contributed by atoms with Gasteiger partial charge < -0.3 is 14.9 Å². The maximum atomic E-state index is 10.7. The molecule has 0 spiro atoms. The molecule has 0 aromatic carbocycles. The van der Waals surface area contributed by atoms with Crippen LogP contribution in [0.15, 0.2) is 0 Å². The Kier molecular flexibility index (Phi) is 2.24. The zero-order valence-electron chi connectivity index (χ0n) is 6.85. The minimum Gasteiger partial charge on any atom is -0.481 e. The summed E-state index contributed by atoms with van der Waals surface area (Å²) in [6, 6.07) is 0. The highest BCUT2D eigenvalue weighted by Gasteiger charge is 2.53. The van der Waals surface area contributed by atoms with Gasteiger partial charge in [0, 0.05) is 0 Å². The molecule has 7 heteroatoms. The lowest BCUT2D eigenvalue weighted by Gasteiger charge is -2.18. The first kappa shape index (κ1) is 10.2. The fourth-order valence-electron chi connectivity index (χ4n) is 1.14. The topological polar surface area (TPSA) is 118 Å². The normalized spacial score (nSPS) is 26.0. The molecule has 76 valence electrons. The van der Waals surface area contributed by atoms with Crippen molar-refractivity contribution in [1.82, 2.24) is 0 Å². The molecule has 1 unspecified atom stereocenters. The lowest BCUT2D eigenvalue weighted by molar-refractivity contribution is -0.174. The van der Waals surface area contributed by atoms with Crippen LogP contribution >= 0.6 is 0 Å². The van der Waals surface area contributed by atoms with Crippen LogP contribution in [0.4, 0.5) is 0 Å². The number of aliphatic carboxylic acids is 2. The molecule has 1 saturated heterocycles. The van der Waals surface area contributed by atoms with Crippen LogP contribution in [0, 0.1) is 0 Å². The van der Waals surface area contributed by atoms with Crippen molar-refractivity contribution in [3.05, 3.63) is 0 Å². The number of rotatable bonds is 3. The fourth-order valence-corrected chi connectivity index (χ4v) is 1.14. The van der Waals surface area contributed by atoms with Gasteiger partial charge in [0.15, 0.2) is 0 Å². The van der Waals surface area contributed by atoms with E-state index in [2.05, 4.69) is 4.74 Å². The van der Waals surface area contributed by atoms with E-state index in [0.717, 1.165) is 0 Å². The molecule has 1 aliphatic heterocycles. The van der Waals surface area contributed by atoms with Crippen molar-refractivity contribution in [2.45, 2.75) is 18.4 Å². The Hall–Kier alpha value is -1.92. The summed E-state index contributed by atoms with van der Waals surface area (Å²) in [5.74, 6) is -5.39. The molecule has 0 bridgehead atoms. The van der Waals surface area contributed by atoms with Gasteiger partial charge in [-0.3, -0.25) is 9.59 Å². The summed E-state index contributed by atoms with van der Waals surface area (Å²) in [6.45, 7) is 0. The lowest BCUT2D eigenvalue weighted by atomic mass is 9.96. The molecular formula is C7H6O7. The van der Waals surface area contributed by atoms with Crippen LogP contribution in [0.1, 0.15) is 12.8 Å². The third-order valence-electron chi connectivity index (χ3n) is 1.79. The van der Waals surface area contributed by atoms with Crippen LogP contribution in [0.5, 0.6) is 0 Å². The molecule has 1 aliphatic rings. The molecule has 0 radical (unpaired) electrons. The van der Waals surface area contributed by atoms with E-state index in [0.29, 0.717) is 0 Å². The van der Waals surface area contributed by atoms with Gasteiger partial charge in [-0.05, 0) is 0 Å². The van der Waals surface area contributed by atoms with E-state index in [1.54, 1.807) is 0 Å². The minimum absolute atomic E-state index is 0.729. The van der Waals surface area contributed by atoms with Crippen LogP contribution < -0.4 is 0 Å². The molecule has 1 rings (SSSR count). The quantitative estimate of drug-likeness (QED) is 0.435. The van der Waals surface area contributed by atoms with Gasteiger partial charge in [0.05, 0.1) is 12.8 Å². The molecule has 1 heterocycles. The molecule has 0 saturated carbocycles. The van der Waals surface area contributed by atoms with E-state index in [1.165, 1.54) is 0 Å². The van der Waals surface area contributed by atoms with Crippen molar-refractivity contribution in [3.8, 4) is 0 Å². The predicted molar refractivity (Wildman–Crippen MR) is 38.3 cm³/mol. The molecule has 2 N–H and O–H groups in total. The molecule has 1 fully saturated rings. The summed E-state index contributed by atoms with van der Waals surface area (Å²) in [6.07, 6.45) is -1.65. The monoisotopic (exact) mass is 202 g/mol. The standard InChI is InChI=1S/C7H6O7/c8-3-1-7(6(12)13,2-4(9)10)14-5(3)11/h1-2H2,(H,9,10)(H,12,13). The van der Waals surface area contributed by atoms with Gasteiger partial charge in [-0.25, -0.2) is 9.59 Å². The number of hydrogen-bond acceptors (Lipinski definition) is 5. The van der Waals surface area contributed by atoms with E-state index < -0.39 is 42.1 Å². The highest BCUT2D eigenvalue weighted by Crippen LogP contribution is 2.28. The maximum Gasteiger partial charge on any atom is 0.375 e. The Morgan fingerprint density at radius 1 is 1.36 bits per heavy atom. The fraction of sp³-hybridized carbons (Fsp3) is 0.429. The summed E-state index contributed by atoms with van der Waals surface area (Å²) in [4.78, 5) is 42.4. The maximum absolute atomic E-state index is 10.7. The molecule has 7 nitrogen and oxygen atoms in total. The van der Waals surface area contributed by atoms with Gasteiger partial charge in [-0.1, -0.05) is 0 Å². The molecule has 1 atom stereocenters. The first-order valence-electron chi connectivity index (χ1n) is 3.59. The van der Waals surface area contributed by atoms with Crippen LogP contribution in [-0.2, 0) is 23.9 Å². The van der Waals surface area contributed by atoms with Gasteiger partial charge in [0.1, 0.15) is 0 Å². The minimum atomic E-state index is -2.22. The molecular weight excluding hydrogens is 196 g/mol. The second-order valence-electron chi connectivity index (χ2n) is 2.86. The highest BCUT2D eigenvalue weighted by molar-refractivity contribution is 6.37. The number of cyclic esters (lactones) is 1. The lowest BCUT2D eigenvalue weighted by Crippen LogP contribution is -2.40. The first-order chi connectivity index (χ1) is 6.37. The zero-order chi connectivity index (χ0) is 10.9. The van der Waals surface area contributed by atoms with Gasteiger partial charge in [-0.15, -0.1) is 0 Å². The third kappa shape index (κ3) is 1.56. The Bertz CT molecular complexity index is 313. The summed E-state index contributed by atoms with van der Waals surface area (Å²) in [7, 11) is 0. The summed E-state index contributed by atoms with van der Waals surface area (Å²) in [5, 5.41) is 17.0. The number of esters is 1. The Morgan fingerprint density at radius 2 is 1.93 bits per heavy atom.